The van der Waals surface area contributed by atoms with E-state index in [2.05, 4.69) is 4.98 Å². The molecule has 0 radical (unpaired) electrons. The van der Waals surface area contributed by atoms with Crippen molar-refractivity contribution in [1.29, 1.82) is 0 Å². The minimum atomic E-state index is -0.319. The number of H-pyrrole nitrogens is 1. The molecule has 1 aromatic heterocycles. The second kappa shape index (κ2) is 3.00. The molecule has 0 aliphatic heterocycles. The summed E-state index contributed by atoms with van der Waals surface area (Å²) in [7, 11) is 0. The molecule has 4 heteroatoms. The lowest BCUT2D eigenvalue weighted by molar-refractivity contribution is -0.479. The lowest BCUT2D eigenvalue weighted by Gasteiger charge is -1.89. The molecule has 0 bridgehead atoms. The van der Waals surface area contributed by atoms with Crippen LogP contribution in [0.2, 0.25) is 0 Å². The average Bonchev–Trinajstić information content (AvgIpc) is 2.34. The molecule has 54 valence electrons. The fraction of sp³-hybridized carbons (Fsp3) is 0.333. The summed E-state index contributed by atoms with van der Waals surface area (Å²) in [6.07, 6.45) is 2.25. The Balaban J connectivity index is 2.35. The SMILES string of the molecule is O=[N+]([O-])CCc1ccc[nH]1. The van der Waals surface area contributed by atoms with Gasteiger partial charge in [-0.25, -0.2) is 0 Å². The van der Waals surface area contributed by atoms with Gasteiger partial charge in [0.05, 0.1) is 6.42 Å². The summed E-state index contributed by atoms with van der Waals surface area (Å²) in [6.45, 7) is 0.000509. The van der Waals surface area contributed by atoms with Crippen LogP contribution in [-0.4, -0.2) is 16.5 Å². The molecule has 1 N–H and O–H groups in total. The number of aromatic nitrogens is 1. The first-order valence-electron chi connectivity index (χ1n) is 3.03. The zero-order valence-corrected chi connectivity index (χ0v) is 5.41. The van der Waals surface area contributed by atoms with Crippen LogP contribution < -0.4 is 0 Å². The molecule has 0 aromatic carbocycles. The van der Waals surface area contributed by atoms with Gasteiger partial charge in [-0.1, -0.05) is 0 Å². The molecule has 0 aliphatic rings. The molecule has 0 aliphatic carbocycles. The van der Waals surface area contributed by atoms with E-state index < -0.39 is 0 Å². The van der Waals surface area contributed by atoms with Gasteiger partial charge in [0.1, 0.15) is 0 Å². The molecule has 4 nitrogen and oxygen atoms in total. The van der Waals surface area contributed by atoms with Gasteiger partial charge >= 0.3 is 0 Å². The minimum absolute atomic E-state index is 0.000509. The van der Waals surface area contributed by atoms with Gasteiger partial charge in [-0.15, -0.1) is 0 Å². The first-order valence-corrected chi connectivity index (χ1v) is 3.03. The van der Waals surface area contributed by atoms with E-state index in [9.17, 15) is 10.1 Å². The number of nitrogens with zero attached hydrogens (tertiary/aromatic N) is 1. The summed E-state index contributed by atoms with van der Waals surface area (Å²) in [5.74, 6) is 0. The van der Waals surface area contributed by atoms with Crippen LogP contribution in [0.15, 0.2) is 18.3 Å². The zero-order chi connectivity index (χ0) is 7.40. The highest BCUT2D eigenvalue weighted by atomic mass is 16.6. The highest BCUT2D eigenvalue weighted by Gasteiger charge is 1.98. The van der Waals surface area contributed by atoms with E-state index in [0.29, 0.717) is 6.42 Å². The maximum atomic E-state index is 9.89. The number of nitro groups is 1. The molecule has 10 heavy (non-hydrogen) atoms. The minimum Gasteiger partial charge on any atom is -0.365 e. The fourth-order valence-corrected chi connectivity index (χ4v) is 0.735. The van der Waals surface area contributed by atoms with Gasteiger partial charge in [0.25, 0.3) is 0 Å². The summed E-state index contributed by atoms with van der Waals surface area (Å²) in [6, 6.07) is 3.67. The average molecular weight is 140 g/mol. The quantitative estimate of drug-likeness (QED) is 0.499. The lowest BCUT2D eigenvalue weighted by atomic mass is 10.3. The summed E-state index contributed by atoms with van der Waals surface area (Å²) in [5, 5.41) is 9.89. The molecular formula is C6H8N2O2. The Morgan fingerprint density at radius 2 is 2.50 bits per heavy atom. The highest BCUT2D eigenvalue weighted by Crippen LogP contribution is 1.94. The molecule has 0 saturated carbocycles. The van der Waals surface area contributed by atoms with Crippen molar-refractivity contribution in [2.45, 2.75) is 6.42 Å². The third kappa shape index (κ3) is 1.89. The molecular weight excluding hydrogens is 132 g/mol. The predicted molar refractivity (Wildman–Crippen MR) is 36.4 cm³/mol. The van der Waals surface area contributed by atoms with Crippen LogP contribution in [0.3, 0.4) is 0 Å². The summed E-state index contributed by atoms with van der Waals surface area (Å²) in [4.78, 5) is 12.5. The van der Waals surface area contributed by atoms with Crippen molar-refractivity contribution in [3.63, 3.8) is 0 Å². The summed E-state index contributed by atoms with van der Waals surface area (Å²) >= 11 is 0. The van der Waals surface area contributed by atoms with Gasteiger partial charge in [0.2, 0.25) is 6.54 Å². The predicted octanol–water partition coefficient (Wildman–Crippen LogP) is 0.834. The van der Waals surface area contributed by atoms with E-state index in [1.165, 1.54) is 0 Å². The van der Waals surface area contributed by atoms with Crippen LogP contribution in [0, 0.1) is 10.1 Å². The smallest absolute Gasteiger partial charge is 0.209 e. The van der Waals surface area contributed by atoms with Gasteiger partial charge in [0.15, 0.2) is 0 Å². The zero-order valence-electron chi connectivity index (χ0n) is 5.41. The molecule has 0 amide bonds. The first-order chi connectivity index (χ1) is 4.79. The van der Waals surface area contributed by atoms with Crippen LogP contribution in [0.5, 0.6) is 0 Å². The van der Waals surface area contributed by atoms with Gasteiger partial charge in [0, 0.05) is 16.8 Å². The summed E-state index contributed by atoms with van der Waals surface area (Å²) in [5.41, 5.74) is 0.914. The van der Waals surface area contributed by atoms with E-state index in [1.54, 1.807) is 6.20 Å². The van der Waals surface area contributed by atoms with Gasteiger partial charge in [-0.3, -0.25) is 10.1 Å². The third-order valence-corrected chi connectivity index (χ3v) is 1.23. The Hall–Kier alpha value is -1.32. The molecule has 0 saturated heterocycles. The molecule has 1 heterocycles. The number of hydrogen-bond donors (Lipinski definition) is 1. The number of rotatable bonds is 3. The maximum absolute atomic E-state index is 9.89. The Bertz CT molecular complexity index is 206. The maximum Gasteiger partial charge on any atom is 0.209 e. The molecule has 0 spiro atoms. The summed E-state index contributed by atoms with van der Waals surface area (Å²) < 4.78 is 0. The molecule has 1 rings (SSSR count). The molecule has 0 fully saturated rings. The van der Waals surface area contributed by atoms with E-state index in [-0.39, 0.29) is 11.5 Å². The van der Waals surface area contributed by atoms with Crippen molar-refractivity contribution < 1.29 is 4.92 Å². The second-order valence-corrected chi connectivity index (χ2v) is 2.00. The van der Waals surface area contributed by atoms with Crippen molar-refractivity contribution in [3.05, 3.63) is 34.1 Å². The Morgan fingerprint density at radius 3 is 3.00 bits per heavy atom. The Kier molecular flexibility index (Phi) is 2.04. The van der Waals surface area contributed by atoms with Crippen LogP contribution >= 0.6 is 0 Å². The van der Waals surface area contributed by atoms with Crippen molar-refractivity contribution in [2.24, 2.45) is 0 Å². The monoisotopic (exact) mass is 140 g/mol. The first kappa shape index (κ1) is 6.80. The normalized spacial score (nSPS) is 9.60. The van der Waals surface area contributed by atoms with E-state index in [0.717, 1.165) is 5.69 Å². The van der Waals surface area contributed by atoms with Gasteiger partial charge < -0.3 is 4.98 Å². The largest absolute Gasteiger partial charge is 0.365 e. The highest BCUT2D eigenvalue weighted by molar-refractivity contribution is 5.03. The standard InChI is InChI=1S/C6H8N2O2/c9-8(10)5-3-6-2-1-4-7-6/h1-2,4,7H,3,5H2. The van der Waals surface area contributed by atoms with Crippen LogP contribution in [0.4, 0.5) is 0 Å². The topological polar surface area (TPSA) is 58.9 Å². The fourth-order valence-electron chi connectivity index (χ4n) is 0.735. The van der Waals surface area contributed by atoms with Crippen molar-refractivity contribution in [1.82, 2.24) is 4.98 Å². The molecule has 0 unspecified atom stereocenters. The van der Waals surface area contributed by atoms with Crippen LogP contribution in [0.1, 0.15) is 5.69 Å². The lowest BCUT2D eigenvalue weighted by Crippen LogP contribution is -2.03. The number of aromatic amines is 1. The van der Waals surface area contributed by atoms with E-state index in [1.807, 2.05) is 12.1 Å². The van der Waals surface area contributed by atoms with Crippen molar-refractivity contribution in [2.75, 3.05) is 6.54 Å². The van der Waals surface area contributed by atoms with Crippen molar-refractivity contribution >= 4 is 0 Å². The van der Waals surface area contributed by atoms with Crippen molar-refractivity contribution in [3.8, 4) is 0 Å². The molecule has 1 aromatic rings. The van der Waals surface area contributed by atoms with Crippen LogP contribution in [0.25, 0.3) is 0 Å². The van der Waals surface area contributed by atoms with Gasteiger partial charge in [-0.2, -0.15) is 0 Å². The van der Waals surface area contributed by atoms with Gasteiger partial charge in [-0.05, 0) is 12.1 Å². The van der Waals surface area contributed by atoms with Crippen LogP contribution in [-0.2, 0) is 6.42 Å². The second-order valence-electron chi connectivity index (χ2n) is 2.00. The Labute approximate surface area is 58.0 Å². The number of hydrogen-bond acceptors (Lipinski definition) is 2. The third-order valence-electron chi connectivity index (χ3n) is 1.23. The van der Waals surface area contributed by atoms with E-state index in [4.69, 9.17) is 0 Å². The van der Waals surface area contributed by atoms with E-state index >= 15 is 0 Å². The Morgan fingerprint density at radius 1 is 1.70 bits per heavy atom. The number of nitrogens with one attached hydrogen (secondary N) is 1. The molecule has 0 atom stereocenters.